The molecule has 0 radical (unpaired) electrons. The number of benzene rings is 2. The van der Waals surface area contributed by atoms with Gasteiger partial charge in [0.15, 0.2) is 0 Å². The Morgan fingerprint density at radius 2 is 1.69 bits per heavy atom. The maximum absolute atomic E-state index is 14.1. The zero-order chi connectivity index (χ0) is 25.8. The lowest BCUT2D eigenvalue weighted by Gasteiger charge is -2.21. The maximum atomic E-state index is 14.1. The zero-order valence-corrected chi connectivity index (χ0v) is 19.6. The molecule has 0 N–H and O–H groups in total. The lowest BCUT2D eigenvalue weighted by Crippen LogP contribution is -2.13. The number of hydrogen-bond acceptors (Lipinski definition) is 3. The molecule has 9 heteroatoms. The van der Waals surface area contributed by atoms with Gasteiger partial charge in [-0.15, -0.1) is 0 Å². The number of alkyl halides is 6. The summed E-state index contributed by atoms with van der Waals surface area (Å²) in [5.41, 5.74) is -1.18. The number of esters is 1. The van der Waals surface area contributed by atoms with E-state index >= 15 is 0 Å². The van der Waals surface area contributed by atoms with Crippen molar-refractivity contribution in [1.29, 1.82) is 0 Å². The molecule has 3 nitrogen and oxygen atoms in total. The van der Waals surface area contributed by atoms with E-state index in [4.69, 9.17) is 9.47 Å². The molecule has 1 unspecified atom stereocenters. The molecule has 3 rings (SSSR count). The van der Waals surface area contributed by atoms with Gasteiger partial charge in [-0.25, -0.2) is 0 Å². The molecule has 2 aromatic rings. The molecule has 192 valence electrons. The molecule has 0 heterocycles. The SMILES string of the molecule is CCOC(=O)CCC(C)Cc1cc(-c2ccc(C(F)(F)F)cc2)c(OCC2CC2)c(C(F)(F)F)c1. The Hall–Kier alpha value is -2.71. The fourth-order valence-electron chi connectivity index (χ4n) is 3.81. The summed E-state index contributed by atoms with van der Waals surface area (Å²) in [6, 6.07) is 6.61. The summed E-state index contributed by atoms with van der Waals surface area (Å²) >= 11 is 0. The van der Waals surface area contributed by atoms with Crippen molar-refractivity contribution in [3.63, 3.8) is 0 Å². The Balaban J connectivity index is 1.98. The lowest BCUT2D eigenvalue weighted by atomic mass is 9.91. The minimum atomic E-state index is -4.72. The lowest BCUT2D eigenvalue weighted by molar-refractivity contribution is -0.143. The molecule has 35 heavy (non-hydrogen) atoms. The number of hydrogen-bond donors (Lipinski definition) is 0. The highest BCUT2D eigenvalue weighted by Gasteiger charge is 2.37. The van der Waals surface area contributed by atoms with Gasteiger partial charge >= 0.3 is 18.3 Å². The second kappa shape index (κ2) is 10.9. The smallest absolute Gasteiger partial charge is 0.419 e. The van der Waals surface area contributed by atoms with Crippen molar-refractivity contribution in [1.82, 2.24) is 0 Å². The van der Waals surface area contributed by atoms with Crippen LogP contribution in [0.25, 0.3) is 11.1 Å². The molecule has 0 saturated heterocycles. The molecule has 1 fully saturated rings. The van der Waals surface area contributed by atoms with Gasteiger partial charge in [-0.2, -0.15) is 26.3 Å². The number of carbonyl (C=O) groups excluding carboxylic acids is 1. The van der Waals surface area contributed by atoms with E-state index in [2.05, 4.69) is 0 Å². The predicted molar refractivity (Wildman–Crippen MR) is 119 cm³/mol. The van der Waals surface area contributed by atoms with Gasteiger partial charge in [0.25, 0.3) is 0 Å². The Kier molecular flexibility index (Phi) is 8.38. The minimum Gasteiger partial charge on any atom is -0.492 e. The van der Waals surface area contributed by atoms with E-state index in [1.54, 1.807) is 13.0 Å². The van der Waals surface area contributed by atoms with Gasteiger partial charge in [0, 0.05) is 12.0 Å². The largest absolute Gasteiger partial charge is 0.492 e. The van der Waals surface area contributed by atoms with Crippen molar-refractivity contribution in [2.24, 2.45) is 11.8 Å². The fourth-order valence-corrected chi connectivity index (χ4v) is 3.81. The first-order valence-corrected chi connectivity index (χ1v) is 11.6. The molecule has 1 atom stereocenters. The normalized spacial score (nSPS) is 15.1. The molecule has 0 amide bonds. The van der Waals surface area contributed by atoms with Crippen molar-refractivity contribution in [2.45, 2.75) is 58.3 Å². The van der Waals surface area contributed by atoms with Crippen LogP contribution in [0.3, 0.4) is 0 Å². The molecule has 0 aliphatic heterocycles. The van der Waals surface area contributed by atoms with Crippen LogP contribution in [0.15, 0.2) is 36.4 Å². The second-order valence-electron chi connectivity index (χ2n) is 9.00. The van der Waals surface area contributed by atoms with Crippen molar-refractivity contribution in [2.75, 3.05) is 13.2 Å². The summed E-state index contributed by atoms with van der Waals surface area (Å²) in [5.74, 6) is -0.685. The van der Waals surface area contributed by atoms with E-state index in [-0.39, 0.29) is 60.7 Å². The van der Waals surface area contributed by atoms with Gasteiger partial charge in [-0.1, -0.05) is 19.1 Å². The highest BCUT2D eigenvalue weighted by atomic mass is 19.4. The molecule has 0 aromatic heterocycles. The summed E-state index contributed by atoms with van der Waals surface area (Å²) in [7, 11) is 0. The first kappa shape index (κ1) is 26.9. The van der Waals surface area contributed by atoms with Crippen LogP contribution in [0.4, 0.5) is 26.3 Å². The average Bonchev–Trinajstić information content (AvgIpc) is 3.60. The molecule has 2 aromatic carbocycles. The first-order chi connectivity index (χ1) is 16.4. The molecule has 0 bridgehead atoms. The van der Waals surface area contributed by atoms with Crippen LogP contribution in [0.5, 0.6) is 5.75 Å². The Labute approximate surface area is 200 Å². The number of carbonyl (C=O) groups is 1. The molecule has 1 aliphatic carbocycles. The van der Waals surface area contributed by atoms with Crippen molar-refractivity contribution < 1.29 is 40.6 Å². The van der Waals surface area contributed by atoms with Gasteiger partial charge < -0.3 is 9.47 Å². The minimum absolute atomic E-state index is 0.0989. The number of halogens is 6. The van der Waals surface area contributed by atoms with Crippen LogP contribution in [-0.4, -0.2) is 19.2 Å². The Morgan fingerprint density at radius 1 is 1.03 bits per heavy atom. The summed E-state index contributed by atoms with van der Waals surface area (Å²) in [5, 5.41) is 0. The van der Waals surface area contributed by atoms with Crippen LogP contribution < -0.4 is 4.74 Å². The van der Waals surface area contributed by atoms with E-state index in [9.17, 15) is 31.1 Å². The highest BCUT2D eigenvalue weighted by molar-refractivity contribution is 5.74. The monoisotopic (exact) mass is 502 g/mol. The van der Waals surface area contributed by atoms with E-state index in [1.165, 1.54) is 0 Å². The molecular formula is C26H28F6O3. The van der Waals surface area contributed by atoms with E-state index in [0.717, 1.165) is 43.2 Å². The summed E-state index contributed by atoms with van der Waals surface area (Å²) in [6.45, 7) is 3.88. The third kappa shape index (κ3) is 7.64. The van der Waals surface area contributed by atoms with Crippen LogP contribution in [0.2, 0.25) is 0 Å². The summed E-state index contributed by atoms with van der Waals surface area (Å²) in [6.07, 6.45) is -6.72. The molecular weight excluding hydrogens is 474 g/mol. The van der Waals surface area contributed by atoms with Crippen molar-refractivity contribution in [3.05, 3.63) is 53.1 Å². The van der Waals surface area contributed by atoms with Crippen LogP contribution in [0, 0.1) is 11.8 Å². The van der Waals surface area contributed by atoms with Gasteiger partial charge in [0.2, 0.25) is 0 Å². The van der Waals surface area contributed by atoms with E-state index < -0.39 is 23.5 Å². The van der Waals surface area contributed by atoms with E-state index in [0.29, 0.717) is 12.0 Å². The number of rotatable bonds is 10. The Bertz CT molecular complexity index is 1010. The first-order valence-electron chi connectivity index (χ1n) is 11.6. The van der Waals surface area contributed by atoms with E-state index in [1.807, 2.05) is 6.92 Å². The molecule has 1 saturated carbocycles. The average molecular weight is 502 g/mol. The second-order valence-corrected chi connectivity index (χ2v) is 9.00. The van der Waals surface area contributed by atoms with Crippen LogP contribution in [0.1, 0.15) is 56.2 Å². The van der Waals surface area contributed by atoms with Gasteiger partial charge in [0.1, 0.15) is 5.75 Å². The van der Waals surface area contributed by atoms with Crippen molar-refractivity contribution >= 4 is 5.97 Å². The molecule has 1 aliphatic rings. The van der Waals surface area contributed by atoms with Gasteiger partial charge in [-0.05, 0) is 79.8 Å². The fraction of sp³-hybridized carbons (Fsp3) is 0.500. The highest BCUT2D eigenvalue weighted by Crippen LogP contribution is 2.45. The topological polar surface area (TPSA) is 35.5 Å². The third-order valence-corrected chi connectivity index (χ3v) is 5.87. The van der Waals surface area contributed by atoms with Crippen LogP contribution >= 0.6 is 0 Å². The van der Waals surface area contributed by atoms with Crippen molar-refractivity contribution in [3.8, 4) is 16.9 Å². The maximum Gasteiger partial charge on any atom is 0.419 e. The zero-order valence-electron chi connectivity index (χ0n) is 19.6. The van der Waals surface area contributed by atoms with Crippen LogP contribution in [-0.2, 0) is 28.3 Å². The third-order valence-electron chi connectivity index (χ3n) is 5.87. The standard InChI is InChI=1S/C26H28F6O3/c1-3-34-23(33)11-4-16(2)12-18-13-21(19-7-9-20(10-8-19)25(27,28)29)24(35-15-17-5-6-17)22(14-18)26(30,31)32/h7-10,13-14,16-17H,3-6,11-12,15H2,1-2H3. The molecule has 0 spiro atoms. The summed E-state index contributed by atoms with van der Waals surface area (Å²) in [4.78, 5) is 11.6. The number of ether oxygens (including phenoxy) is 2. The quantitative estimate of drug-likeness (QED) is 0.247. The van der Waals surface area contributed by atoms with Gasteiger partial charge in [0.05, 0.1) is 24.3 Å². The summed E-state index contributed by atoms with van der Waals surface area (Å²) < 4.78 is 91.8. The van der Waals surface area contributed by atoms with Gasteiger partial charge in [-0.3, -0.25) is 4.79 Å². The Morgan fingerprint density at radius 3 is 2.23 bits per heavy atom. The predicted octanol–water partition coefficient (Wildman–Crippen LogP) is 7.70.